The van der Waals surface area contributed by atoms with Gasteiger partial charge in [-0.15, -0.1) is 0 Å². The normalized spacial score (nSPS) is 22.7. The Morgan fingerprint density at radius 1 is 1.11 bits per heavy atom. The molecular weight excluding hydrogens is 227 g/mol. The van der Waals surface area contributed by atoms with Crippen molar-refractivity contribution in [1.29, 1.82) is 0 Å². The zero-order valence-corrected chi connectivity index (χ0v) is 12.7. The summed E-state index contributed by atoms with van der Waals surface area (Å²) in [5, 5.41) is 0. The first-order chi connectivity index (χ1) is 7.93. The molecule has 1 aliphatic rings. The molecule has 1 rings (SSSR count). The Bertz CT molecular complexity index is 335. The van der Waals surface area contributed by atoms with Gasteiger partial charge in [0.25, 0.3) is 0 Å². The van der Waals surface area contributed by atoms with Crippen molar-refractivity contribution in [2.75, 3.05) is 0 Å². The highest BCUT2D eigenvalue weighted by atomic mass is 16.7. The van der Waals surface area contributed by atoms with Crippen LogP contribution in [0.1, 0.15) is 54.9 Å². The number of allylic oxidation sites excluding steroid dienone is 1. The molecule has 1 saturated heterocycles. The van der Waals surface area contributed by atoms with Gasteiger partial charge in [-0.25, -0.2) is 0 Å². The number of carbonyl (C=O) groups is 1. The highest BCUT2D eigenvalue weighted by Crippen LogP contribution is 2.36. The van der Waals surface area contributed by atoms with Crippen LogP contribution in [0.4, 0.5) is 0 Å². The summed E-state index contributed by atoms with van der Waals surface area (Å²) in [5.41, 5.74) is -0.693. The van der Waals surface area contributed by atoms with Crippen LogP contribution < -0.4 is 0 Å². The lowest BCUT2D eigenvalue weighted by Gasteiger charge is -2.32. The fourth-order valence-corrected chi connectivity index (χ4v) is 1.73. The molecule has 0 bridgehead atoms. The summed E-state index contributed by atoms with van der Waals surface area (Å²) in [6.07, 6.45) is 2.11. The molecule has 0 atom stereocenters. The third kappa shape index (κ3) is 3.96. The lowest BCUT2D eigenvalue weighted by atomic mass is 9.86. The van der Waals surface area contributed by atoms with Crippen LogP contribution in [0.25, 0.3) is 0 Å². The average Bonchev–Trinajstić information content (AvgIpc) is 2.29. The molecule has 0 aliphatic carbocycles. The molecule has 0 saturated carbocycles. The molecule has 4 heteroatoms. The second kappa shape index (κ2) is 4.82. The zero-order chi connectivity index (χ0) is 14.2. The topological polar surface area (TPSA) is 35.5 Å². The summed E-state index contributed by atoms with van der Waals surface area (Å²) >= 11 is 0. The Balaban J connectivity index is 2.58. The van der Waals surface area contributed by atoms with Crippen LogP contribution >= 0.6 is 0 Å². The van der Waals surface area contributed by atoms with Gasteiger partial charge in [-0.1, -0.05) is 26.7 Å². The monoisotopic (exact) mass is 252 g/mol. The summed E-state index contributed by atoms with van der Waals surface area (Å²) < 4.78 is 11.6. The first-order valence-corrected chi connectivity index (χ1v) is 6.50. The molecule has 0 unspecified atom stereocenters. The molecule has 0 radical (unpaired) electrons. The fourth-order valence-electron chi connectivity index (χ4n) is 1.73. The van der Waals surface area contributed by atoms with E-state index in [-0.39, 0.29) is 22.4 Å². The first kappa shape index (κ1) is 15.5. The van der Waals surface area contributed by atoms with Crippen LogP contribution in [-0.4, -0.2) is 24.1 Å². The second-order valence-electron chi connectivity index (χ2n) is 7.19. The van der Waals surface area contributed by atoms with Crippen molar-refractivity contribution < 1.29 is 14.1 Å². The Kier molecular flexibility index (Phi) is 4.14. The quantitative estimate of drug-likeness (QED) is 0.571. The molecule has 0 aromatic rings. The van der Waals surface area contributed by atoms with Gasteiger partial charge < -0.3 is 9.31 Å². The van der Waals surface area contributed by atoms with Crippen LogP contribution in [0, 0.1) is 5.41 Å². The molecule has 3 nitrogen and oxygen atoms in total. The summed E-state index contributed by atoms with van der Waals surface area (Å²) in [7, 11) is -0.432. The van der Waals surface area contributed by atoms with Gasteiger partial charge in [0.2, 0.25) is 0 Å². The van der Waals surface area contributed by atoms with E-state index in [1.54, 1.807) is 12.1 Å². The van der Waals surface area contributed by atoms with E-state index in [0.29, 0.717) is 6.42 Å². The highest BCUT2D eigenvalue weighted by molar-refractivity contribution is 6.52. The van der Waals surface area contributed by atoms with Crippen LogP contribution in [0.15, 0.2) is 12.1 Å². The predicted molar refractivity (Wildman–Crippen MR) is 74.3 cm³/mol. The first-order valence-electron chi connectivity index (χ1n) is 6.50. The van der Waals surface area contributed by atoms with Gasteiger partial charge in [-0.2, -0.15) is 0 Å². The van der Waals surface area contributed by atoms with Crippen molar-refractivity contribution in [3.8, 4) is 0 Å². The molecule has 1 fully saturated rings. The Morgan fingerprint density at radius 2 is 1.56 bits per heavy atom. The third-order valence-corrected chi connectivity index (χ3v) is 3.42. The van der Waals surface area contributed by atoms with E-state index in [1.807, 2.05) is 48.5 Å². The summed E-state index contributed by atoms with van der Waals surface area (Å²) in [6, 6.07) is 0. The molecule has 0 N–H and O–H groups in total. The molecule has 0 aromatic carbocycles. The van der Waals surface area contributed by atoms with Gasteiger partial charge >= 0.3 is 7.12 Å². The van der Waals surface area contributed by atoms with Crippen molar-refractivity contribution >= 4 is 12.9 Å². The van der Waals surface area contributed by atoms with Crippen LogP contribution in [0.5, 0.6) is 0 Å². The van der Waals surface area contributed by atoms with Gasteiger partial charge in [0.1, 0.15) is 0 Å². The maximum atomic E-state index is 11.7. The molecule has 0 amide bonds. The molecule has 102 valence electrons. The van der Waals surface area contributed by atoms with Gasteiger partial charge in [0, 0.05) is 6.42 Å². The molecule has 0 spiro atoms. The van der Waals surface area contributed by atoms with E-state index in [1.165, 1.54) is 0 Å². The second-order valence-corrected chi connectivity index (χ2v) is 7.19. The van der Waals surface area contributed by atoms with Crippen molar-refractivity contribution in [3.05, 3.63) is 12.1 Å². The Morgan fingerprint density at radius 3 is 1.94 bits per heavy atom. The van der Waals surface area contributed by atoms with E-state index < -0.39 is 7.12 Å². The summed E-state index contributed by atoms with van der Waals surface area (Å²) in [6.45, 7) is 14.1. The van der Waals surface area contributed by atoms with Crippen LogP contribution in [0.2, 0.25) is 0 Å². The summed E-state index contributed by atoms with van der Waals surface area (Å²) in [5.74, 6) is 1.82. The van der Waals surface area contributed by atoms with Crippen LogP contribution in [-0.2, 0) is 14.1 Å². The van der Waals surface area contributed by atoms with Crippen molar-refractivity contribution in [1.82, 2.24) is 0 Å². The minimum atomic E-state index is -0.432. The summed E-state index contributed by atoms with van der Waals surface area (Å²) in [4.78, 5) is 11.7. The molecule has 18 heavy (non-hydrogen) atoms. The van der Waals surface area contributed by atoms with E-state index in [9.17, 15) is 4.79 Å². The van der Waals surface area contributed by atoms with Crippen molar-refractivity contribution in [3.63, 3.8) is 0 Å². The van der Waals surface area contributed by atoms with Crippen LogP contribution in [0.3, 0.4) is 0 Å². The van der Waals surface area contributed by atoms with Crippen molar-refractivity contribution in [2.24, 2.45) is 5.41 Å². The van der Waals surface area contributed by atoms with Gasteiger partial charge in [-0.3, -0.25) is 4.79 Å². The number of ketones is 1. The standard InChI is InChI=1S/C14H25BO3/c1-12(2,3)10-11(16)8-9-15-17-13(4,5)14(6,7)18-15/h8-9H,10H2,1-7H3/b9-8+. The zero-order valence-electron chi connectivity index (χ0n) is 12.7. The number of rotatable bonds is 3. The molecule has 1 heterocycles. The Labute approximate surface area is 111 Å². The average molecular weight is 252 g/mol. The fraction of sp³-hybridized carbons (Fsp3) is 0.786. The van der Waals surface area contributed by atoms with E-state index in [4.69, 9.17) is 9.31 Å². The maximum absolute atomic E-state index is 11.7. The lowest BCUT2D eigenvalue weighted by molar-refractivity contribution is -0.116. The predicted octanol–water partition coefficient (Wildman–Crippen LogP) is 3.18. The number of hydrogen-bond donors (Lipinski definition) is 0. The van der Waals surface area contributed by atoms with E-state index in [0.717, 1.165) is 0 Å². The number of carbonyl (C=O) groups excluding carboxylic acids is 1. The molecule has 1 aliphatic heterocycles. The molecular formula is C14H25BO3. The Hall–Kier alpha value is -0.605. The van der Waals surface area contributed by atoms with Crippen molar-refractivity contribution in [2.45, 2.75) is 66.1 Å². The van der Waals surface area contributed by atoms with E-state index in [2.05, 4.69) is 0 Å². The molecule has 0 aromatic heterocycles. The smallest absolute Gasteiger partial charge is 0.400 e. The largest absolute Gasteiger partial charge is 0.487 e. The van der Waals surface area contributed by atoms with Gasteiger partial charge in [-0.05, 0) is 39.2 Å². The maximum Gasteiger partial charge on any atom is 0.487 e. The van der Waals surface area contributed by atoms with E-state index >= 15 is 0 Å². The SMILES string of the molecule is CC(C)(C)CC(=O)/C=C/B1OC(C)(C)C(C)(C)O1. The minimum absolute atomic E-state index is 0.0113. The number of hydrogen-bond acceptors (Lipinski definition) is 3. The van der Waals surface area contributed by atoms with Gasteiger partial charge in [0.15, 0.2) is 5.78 Å². The lowest BCUT2D eigenvalue weighted by Crippen LogP contribution is -2.41. The highest BCUT2D eigenvalue weighted by Gasteiger charge is 2.50. The van der Waals surface area contributed by atoms with Gasteiger partial charge in [0.05, 0.1) is 11.2 Å². The minimum Gasteiger partial charge on any atom is -0.400 e. The third-order valence-electron chi connectivity index (χ3n) is 3.42.